The average molecular weight is 440 g/mol. The van der Waals surface area contributed by atoms with Gasteiger partial charge in [-0.1, -0.05) is 47.6 Å². The van der Waals surface area contributed by atoms with E-state index in [-0.39, 0.29) is 11.7 Å². The molecule has 2 aromatic heterocycles. The van der Waals surface area contributed by atoms with Gasteiger partial charge < -0.3 is 5.32 Å². The molecule has 0 aliphatic carbocycles. The van der Waals surface area contributed by atoms with Crippen LogP contribution in [0.3, 0.4) is 0 Å². The summed E-state index contributed by atoms with van der Waals surface area (Å²) < 4.78 is 0. The van der Waals surface area contributed by atoms with Crippen molar-refractivity contribution < 1.29 is 4.79 Å². The first-order valence-electron chi connectivity index (χ1n) is 9.00. The first kappa shape index (κ1) is 19.9. The minimum absolute atomic E-state index is 0.0567. The van der Waals surface area contributed by atoms with Crippen LogP contribution in [0.1, 0.15) is 11.1 Å². The van der Waals surface area contributed by atoms with Gasteiger partial charge in [0.2, 0.25) is 5.91 Å². The van der Waals surface area contributed by atoms with Crippen molar-refractivity contribution in [2.45, 2.75) is 18.9 Å². The molecule has 0 saturated heterocycles. The number of nitrogens with zero attached hydrogens (tertiary/aromatic N) is 2. The minimum atomic E-state index is -0.0567. The Morgan fingerprint density at radius 3 is 2.72 bits per heavy atom. The Bertz CT molecular complexity index is 1190. The van der Waals surface area contributed by atoms with E-state index in [9.17, 15) is 4.79 Å². The van der Waals surface area contributed by atoms with Gasteiger partial charge in [-0.3, -0.25) is 4.79 Å². The first-order chi connectivity index (χ1) is 14.0. The summed E-state index contributed by atoms with van der Waals surface area (Å²) in [6.07, 6.45) is 1.55. The highest BCUT2D eigenvalue weighted by Crippen LogP contribution is 2.38. The van der Waals surface area contributed by atoms with E-state index in [0.717, 1.165) is 43.2 Å². The van der Waals surface area contributed by atoms with Crippen LogP contribution in [0.2, 0.25) is 5.02 Å². The molecule has 0 spiro atoms. The molecule has 4 rings (SSSR count). The number of hydrogen-bond acceptors (Lipinski definition) is 5. The first-order valence-corrected chi connectivity index (χ1v) is 11.2. The molecular formula is C22H18ClN3OS2. The van der Waals surface area contributed by atoms with Crippen LogP contribution >= 0.6 is 34.7 Å². The Balaban J connectivity index is 1.56. The van der Waals surface area contributed by atoms with Crippen molar-refractivity contribution in [3.05, 3.63) is 70.3 Å². The zero-order valence-electron chi connectivity index (χ0n) is 15.9. The highest BCUT2D eigenvalue weighted by molar-refractivity contribution is 8.00. The number of halogens is 1. The van der Waals surface area contributed by atoms with E-state index < -0.39 is 0 Å². The van der Waals surface area contributed by atoms with Gasteiger partial charge in [0, 0.05) is 21.7 Å². The molecule has 0 fully saturated rings. The second-order valence-corrected chi connectivity index (χ2v) is 8.86. The van der Waals surface area contributed by atoms with Gasteiger partial charge in [-0.15, -0.1) is 11.3 Å². The third-order valence-electron chi connectivity index (χ3n) is 4.71. The molecule has 1 N–H and O–H groups in total. The second kappa shape index (κ2) is 8.53. The number of carbonyl (C=O) groups is 1. The van der Waals surface area contributed by atoms with Crippen LogP contribution in [0.5, 0.6) is 0 Å². The molecule has 0 saturated carbocycles. The quantitative estimate of drug-likeness (QED) is 0.290. The van der Waals surface area contributed by atoms with Crippen LogP contribution in [0.15, 0.2) is 59.2 Å². The Kier molecular flexibility index (Phi) is 5.85. The van der Waals surface area contributed by atoms with Crippen molar-refractivity contribution in [2.75, 3.05) is 11.1 Å². The molecule has 29 heavy (non-hydrogen) atoms. The lowest BCUT2D eigenvalue weighted by atomic mass is 10.1. The molecule has 4 aromatic rings. The van der Waals surface area contributed by atoms with Crippen molar-refractivity contribution in [3.8, 4) is 11.1 Å². The van der Waals surface area contributed by atoms with E-state index in [4.69, 9.17) is 11.6 Å². The maximum Gasteiger partial charge on any atom is 0.234 e. The lowest BCUT2D eigenvalue weighted by Crippen LogP contribution is -2.15. The molecule has 0 atom stereocenters. The number of benzene rings is 2. The smallest absolute Gasteiger partial charge is 0.234 e. The number of fused-ring (bicyclic) bond motifs is 1. The van der Waals surface area contributed by atoms with Crippen LogP contribution in [-0.4, -0.2) is 21.6 Å². The van der Waals surface area contributed by atoms with Crippen molar-refractivity contribution in [2.24, 2.45) is 0 Å². The molecule has 0 unspecified atom stereocenters. The number of thioether (sulfide) groups is 1. The maximum atomic E-state index is 12.5. The number of aryl methyl sites for hydroxylation is 1. The number of carbonyl (C=O) groups excluding carboxylic acids is 1. The van der Waals surface area contributed by atoms with Crippen LogP contribution < -0.4 is 5.32 Å². The van der Waals surface area contributed by atoms with E-state index in [0.29, 0.717) is 5.02 Å². The fourth-order valence-electron chi connectivity index (χ4n) is 3.01. The number of amides is 1. The van der Waals surface area contributed by atoms with E-state index in [1.807, 2.05) is 56.3 Å². The minimum Gasteiger partial charge on any atom is -0.325 e. The van der Waals surface area contributed by atoms with Crippen LogP contribution in [0.4, 0.5) is 5.69 Å². The van der Waals surface area contributed by atoms with Crippen LogP contribution in [-0.2, 0) is 4.79 Å². The van der Waals surface area contributed by atoms with E-state index in [2.05, 4.69) is 20.7 Å². The largest absolute Gasteiger partial charge is 0.325 e. The Morgan fingerprint density at radius 1 is 1.14 bits per heavy atom. The number of aromatic nitrogens is 2. The molecule has 4 nitrogen and oxygen atoms in total. The summed E-state index contributed by atoms with van der Waals surface area (Å²) in [5.41, 5.74) is 5.19. The fourth-order valence-corrected chi connectivity index (χ4v) is 4.92. The molecule has 2 aromatic carbocycles. The van der Waals surface area contributed by atoms with E-state index in [1.54, 1.807) is 17.7 Å². The summed E-state index contributed by atoms with van der Waals surface area (Å²) in [4.78, 5) is 22.3. The summed E-state index contributed by atoms with van der Waals surface area (Å²) in [6.45, 7) is 4.04. The maximum absolute atomic E-state index is 12.5. The van der Waals surface area contributed by atoms with Gasteiger partial charge in [-0.2, -0.15) is 0 Å². The van der Waals surface area contributed by atoms with E-state index in [1.165, 1.54) is 11.8 Å². The van der Waals surface area contributed by atoms with Gasteiger partial charge in [0.15, 0.2) is 0 Å². The van der Waals surface area contributed by atoms with Crippen LogP contribution in [0.25, 0.3) is 21.3 Å². The Morgan fingerprint density at radius 2 is 1.93 bits per heavy atom. The van der Waals surface area contributed by atoms with Crippen LogP contribution in [0, 0.1) is 13.8 Å². The van der Waals surface area contributed by atoms with Gasteiger partial charge in [0.1, 0.15) is 16.2 Å². The highest BCUT2D eigenvalue weighted by Gasteiger charge is 2.15. The summed E-state index contributed by atoms with van der Waals surface area (Å²) in [6, 6.07) is 13.6. The number of nitrogens with one attached hydrogen (secondary N) is 1. The third kappa shape index (κ3) is 4.29. The summed E-state index contributed by atoms with van der Waals surface area (Å²) >= 11 is 9.01. The molecule has 0 bridgehead atoms. The molecule has 7 heteroatoms. The third-order valence-corrected chi connectivity index (χ3v) is 6.84. The molecule has 0 aliphatic rings. The van der Waals surface area contributed by atoms with Gasteiger partial charge in [0.05, 0.1) is 11.1 Å². The summed E-state index contributed by atoms with van der Waals surface area (Å²) in [7, 11) is 0. The molecule has 1 amide bonds. The van der Waals surface area contributed by atoms with Gasteiger partial charge in [0.25, 0.3) is 0 Å². The monoisotopic (exact) mass is 439 g/mol. The molecular weight excluding hydrogens is 422 g/mol. The normalized spacial score (nSPS) is 11.0. The van der Waals surface area contributed by atoms with Crippen molar-refractivity contribution in [3.63, 3.8) is 0 Å². The highest BCUT2D eigenvalue weighted by atomic mass is 35.5. The van der Waals surface area contributed by atoms with Gasteiger partial charge >= 0.3 is 0 Å². The predicted octanol–water partition coefficient (Wildman–Crippen LogP) is 6.36. The lowest BCUT2D eigenvalue weighted by Gasteiger charge is -2.10. The van der Waals surface area contributed by atoms with Crippen molar-refractivity contribution >= 4 is 56.5 Å². The molecule has 0 aliphatic heterocycles. The number of rotatable bonds is 5. The molecule has 2 heterocycles. The Labute approximate surface area is 182 Å². The van der Waals surface area contributed by atoms with Gasteiger partial charge in [-0.25, -0.2) is 9.97 Å². The summed E-state index contributed by atoms with van der Waals surface area (Å²) in [5.74, 6) is 0.216. The fraction of sp³-hybridized carbons (Fsp3) is 0.136. The lowest BCUT2D eigenvalue weighted by molar-refractivity contribution is -0.113. The standard InChI is InChI=1S/C22H18ClN3OS2/c1-13-4-3-5-18(14(13)2)26-19(27)11-29-22-20-17(10-28-21(20)24-12-25-22)15-6-8-16(23)9-7-15/h3-10,12H,11H2,1-2H3,(H,26,27). The number of thiophene rings is 1. The predicted molar refractivity (Wildman–Crippen MR) is 123 cm³/mol. The van der Waals surface area contributed by atoms with Crippen molar-refractivity contribution in [1.82, 2.24) is 9.97 Å². The topological polar surface area (TPSA) is 54.9 Å². The summed E-state index contributed by atoms with van der Waals surface area (Å²) in [5, 5.41) is 7.55. The molecule has 146 valence electrons. The zero-order chi connectivity index (χ0) is 20.4. The number of hydrogen-bond donors (Lipinski definition) is 1. The molecule has 0 radical (unpaired) electrons. The average Bonchev–Trinajstić information content (AvgIpc) is 3.15. The second-order valence-electron chi connectivity index (χ2n) is 6.60. The Hall–Kier alpha value is -2.41. The van der Waals surface area contributed by atoms with Crippen molar-refractivity contribution in [1.29, 1.82) is 0 Å². The number of anilines is 1. The SMILES string of the molecule is Cc1cccc(NC(=O)CSc2ncnc3scc(-c4ccc(Cl)cc4)c23)c1C. The van der Waals surface area contributed by atoms with Gasteiger partial charge in [-0.05, 0) is 48.7 Å². The van der Waals surface area contributed by atoms with E-state index >= 15 is 0 Å². The zero-order valence-corrected chi connectivity index (χ0v) is 18.3.